The van der Waals surface area contributed by atoms with E-state index in [4.69, 9.17) is 9.84 Å². The molecule has 1 radical (unpaired) electrons. The van der Waals surface area contributed by atoms with Crippen LogP contribution in [0.3, 0.4) is 0 Å². The van der Waals surface area contributed by atoms with Crippen molar-refractivity contribution in [2.75, 3.05) is 7.11 Å². The van der Waals surface area contributed by atoms with Crippen LogP contribution in [-0.2, 0) is 11.3 Å². The number of hydrogen-bond donors (Lipinski definition) is 2. The summed E-state index contributed by atoms with van der Waals surface area (Å²) in [5.41, 5.74) is 1.61. The van der Waals surface area contributed by atoms with E-state index in [0.717, 1.165) is 6.08 Å². The van der Waals surface area contributed by atoms with Crippen LogP contribution < -0.4 is 0 Å². The van der Waals surface area contributed by atoms with Gasteiger partial charge in [0.05, 0.1) is 25.0 Å². The van der Waals surface area contributed by atoms with Gasteiger partial charge in [-0.15, -0.1) is 0 Å². The Morgan fingerprint density at radius 3 is 2.59 bits per heavy atom. The zero-order valence-electron chi connectivity index (χ0n) is 9.53. The van der Waals surface area contributed by atoms with Gasteiger partial charge in [0.25, 0.3) is 0 Å². The van der Waals surface area contributed by atoms with E-state index in [9.17, 15) is 9.59 Å². The molecule has 1 aromatic rings. The van der Waals surface area contributed by atoms with Crippen LogP contribution >= 0.6 is 0 Å². The Hall–Kier alpha value is -0.438. The number of nitrogens with one attached hydrogen (secondary N) is 1. The molecule has 0 aromatic carbocycles. The molecule has 0 amide bonds. The van der Waals surface area contributed by atoms with Crippen LogP contribution in [0.1, 0.15) is 32.1 Å². The maximum Gasteiger partial charge on any atom is 0.230 e. The Morgan fingerprint density at radius 1 is 1.41 bits per heavy atom. The first-order valence-corrected chi connectivity index (χ1v) is 4.77. The summed E-state index contributed by atoms with van der Waals surface area (Å²) in [7, 11) is 1.34. The number of allylic oxidation sites excluding steroid dienone is 2. The van der Waals surface area contributed by atoms with E-state index in [0.29, 0.717) is 16.8 Å². The van der Waals surface area contributed by atoms with Crippen molar-refractivity contribution in [1.29, 1.82) is 0 Å². The minimum Gasteiger partial charge on any atom is -0.492 e. The molecule has 0 bridgehead atoms. The molecule has 1 heterocycles. The van der Waals surface area contributed by atoms with Gasteiger partial charge in [0.1, 0.15) is 0 Å². The fraction of sp³-hybridized carbons (Fsp3) is 0.273. The summed E-state index contributed by atoms with van der Waals surface area (Å²) in [5, 5.41) is 9.06. The third-order valence-electron chi connectivity index (χ3n) is 2.69. The molecule has 17 heavy (non-hydrogen) atoms. The van der Waals surface area contributed by atoms with Gasteiger partial charge in [0, 0.05) is 55.8 Å². The van der Waals surface area contributed by atoms with Gasteiger partial charge < -0.3 is 14.8 Å². The predicted octanol–water partition coefficient (Wildman–Crippen LogP) is 0.725. The van der Waals surface area contributed by atoms with Gasteiger partial charge in [-0.25, -0.2) is 0 Å². The summed E-state index contributed by atoms with van der Waals surface area (Å²) in [5.74, 6) is -0.608. The number of Topliss-reactive ketones (excluding diaryl/α,β-unsaturated/α-hetero) is 1. The van der Waals surface area contributed by atoms with Crippen molar-refractivity contribution in [2.24, 2.45) is 0 Å². The molecule has 1 aliphatic rings. The average Bonchev–Trinajstić information content (AvgIpc) is 2.61. The second kappa shape index (κ2) is 5.47. The Morgan fingerprint density at radius 2 is 2.06 bits per heavy atom. The molecule has 0 saturated heterocycles. The number of ether oxygens (including phenoxy) is 1. The van der Waals surface area contributed by atoms with Gasteiger partial charge in [-0.05, 0) is 12.5 Å². The zero-order chi connectivity index (χ0) is 11.9. The monoisotopic (exact) mass is 448 g/mol. The summed E-state index contributed by atoms with van der Waals surface area (Å²) in [4.78, 5) is 26.3. The van der Waals surface area contributed by atoms with Crippen molar-refractivity contribution in [3.63, 3.8) is 0 Å². The molecule has 0 fully saturated rings. The summed E-state index contributed by atoms with van der Waals surface area (Å²) in [6.07, 6.45) is 1.15. The summed E-state index contributed by atoms with van der Waals surface area (Å²) < 4.78 is 4.84. The molecule has 87 valence electrons. The SMILES string of the molecule is COC1=CC(=O)c2[nH]c(CO)c(C)c2C1=O.[Ac]. The number of aliphatic hydroxyl groups excluding tert-OH is 1. The number of H-pyrrole nitrogens is 1. The van der Waals surface area contributed by atoms with Crippen molar-refractivity contribution in [1.82, 2.24) is 4.98 Å². The van der Waals surface area contributed by atoms with Gasteiger partial charge in [0.2, 0.25) is 11.6 Å². The van der Waals surface area contributed by atoms with Crippen LogP contribution in [0.25, 0.3) is 0 Å². The maximum absolute atomic E-state index is 11.9. The summed E-state index contributed by atoms with van der Waals surface area (Å²) in [6, 6.07) is 0. The minimum absolute atomic E-state index is 0. The van der Waals surface area contributed by atoms with E-state index < -0.39 is 0 Å². The number of aromatic nitrogens is 1. The number of fused-ring (bicyclic) bond motifs is 1. The average molecular weight is 448 g/mol. The zero-order valence-corrected chi connectivity index (χ0v) is 14.3. The van der Waals surface area contributed by atoms with Gasteiger partial charge in [-0.1, -0.05) is 0 Å². The van der Waals surface area contributed by atoms with Gasteiger partial charge in [-0.2, -0.15) is 0 Å². The van der Waals surface area contributed by atoms with E-state index in [2.05, 4.69) is 4.98 Å². The van der Waals surface area contributed by atoms with Crippen LogP contribution in [0.15, 0.2) is 11.8 Å². The summed E-state index contributed by atoms with van der Waals surface area (Å²) in [6.45, 7) is 1.45. The van der Waals surface area contributed by atoms with Crippen LogP contribution in [-0.4, -0.2) is 28.8 Å². The molecule has 6 heteroatoms. The third-order valence-corrected chi connectivity index (χ3v) is 2.69. The molecule has 2 rings (SSSR count). The first-order valence-electron chi connectivity index (χ1n) is 4.77. The third kappa shape index (κ3) is 2.26. The molecular weight excluding hydrogens is 437 g/mol. The van der Waals surface area contributed by atoms with Crippen LogP contribution in [0.4, 0.5) is 0 Å². The minimum atomic E-state index is -0.328. The van der Waals surface area contributed by atoms with E-state index in [-0.39, 0.29) is 73.7 Å². The van der Waals surface area contributed by atoms with Crippen molar-refractivity contribution < 1.29 is 63.5 Å². The smallest absolute Gasteiger partial charge is 0.230 e. The van der Waals surface area contributed by atoms with E-state index in [1.54, 1.807) is 6.92 Å². The number of aromatic amines is 1. The topological polar surface area (TPSA) is 79.4 Å². The van der Waals surface area contributed by atoms with Crippen molar-refractivity contribution >= 4 is 11.6 Å². The molecule has 0 atom stereocenters. The van der Waals surface area contributed by atoms with E-state index in [1.807, 2.05) is 0 Å². The van der Waals surface area contributed by atoms with Gasteiger partial charge in [-0.3, -0.25) is 9.59 Å². The van der Waals surface area contributed by atoms with Crippen molar-refractivity contribution in [3.05, 3.63) is 34.3 Å². The Balaban J connectivity index is 0.00000144. The standard InChI is InChI=1S/C11H11NO4.Ac/c1-5-6(4-13)12-10-7(14)3-8(16-2)11(15)9(5)10;/h3,12-13H,4H2,1-2H3;. The van der Waals surface area contributed by atoms with Crippen molar-refractivity contribution in [2.45, 2.75) is 13.5 Å². The van der Waals surface area contributed by atoms with Crippen LogP contribution in [0.5, 0.6) is 0 Å². The van der Waals surface area contributed by atoms with E-state index in [1.165, 1.54) is 7.11 Å². The molecule has 1 aliphatic carbocycles. The molecular formula is C11H11AcNO4. The molecule has 0 aliphatic heterocycles. The number of carbonyl (C=O) groups excluding carboxylic acids is 2. The molecule has 1 aromatic heterocycles. The van der Waals surface area contributed by atoms with Crippen LogP contribution in [0, 0.1) is 51.0 Å². The van der Waals surface area contributed by atoms with Gasteiger partial charge in [0.15, 0.2) is 5.76 Å². The Bertz CT molecular complexity index is 516. The first-order chi connectivity index (χ1) is 7.60. The maximum atomic E-state index is 11.9. The normalized spacial score (nSPS) is 13.9. The summed E-state index contributed by atoms with van der Waals surface area (Å²) >= 11 is 0. The number of ketones is 2. The quantitative estimate of drug-likeness (QED) is 0.700. The molecule has 0 saturated carbocycles. The fourth-order valence-corrected chi connectivity index (χ4v) is 1.80. The van der Waals surface area contributed by atoms with E-state index >= 15 is 0 Å². The number of methoxy groups -OCH3 is 1. The number of rotatable bonds is 2. The second-order valence-electron chi connectivity index (χ2n) is 3.54. The van der Waals surface area contributed by atoms with Crippen LogP contribution in [0.2, 0.25) is 0 Å². The molecule has 0 spiro atoms. The largest absolute Gasteiger partial charge is 0.492 e. The second-order valence-corrected chi connectivity index (χ2v) is 3.54. The Kier molecular flexibility index (Phi) is 4.70. The Labute approximate surface area is 134 Å². The number of aliphatic hydroxyl groups is 1. The van der Waals surface area contributed by atoms with Crippen molar-refractivity contribution in [3.8, 4) is 0 Å². The molecule has 0 unspecified atom stereocenters. The fourth-order valence-electron chi connectivity index (χ4n) is 1.80. The predicted molar refractivity (Wildman–Crippen MR) is 55.2 cm³/mol. The number of hydrogen-bond acceptors (Lipinski definition) is 4. The van der Waals surface area contributed by atoms with Gasteiger partial charge >= 0.3 is 0 Å². The number of carbonyl (C=O) groups is 2. The first kappa shape index (κ1) is 14.6. The molecule has 2 N–H and O–H groups in total. The molecule has 5 nitrogen and oxygen atoms in total.